The number of nitrogens with zero attached hydrogens (tertiary/aromatic N) is 1. The van der Waals surface area contributed by atoms with Gasteiger partial charge in [-0.3, -0.25) is 4.79 Å². The zero-order valence-corrected chi connectivity index (χ0v) is 22.5. The highest BCUT2D eigenvalue weighted by molar-refractivity contribution is 7.89. The van der Waals surface area contributed by atoms with Crippen LogP contribution in [0.5, 0.6) is 0 Å². The van der Waals surface area contributed by atoms with Crippen molar-refractivity contribution in [3.63, 3.8) is 0 Å². The molecule has 6 nitrogen and oxygen atoms in total. The molecule has 1 aromatic rings. The molecule has 1 saturated heterocycles. The maximum atomic E-state index is 13.7. The van der Waals surface area contributed by atoms with E-state index in [-0.39, 0.29) is 28.6 Å². The number of sulfonamides is 1. The minimum Gasteiger partial charge on any atom is -0.465 e. The maximum Gasteiger partial charge on any atom is 0.324 e. The lowest BCUT2D eigenvalue weighted by molar-refractivity contribution is -0.154. The minimum atomic E-state index is -3.96. The van der Waals surface area contributed by atoms with Crippen LogP contribution < -0.4 is 0 Å². The first-order chi connectivity index (χ1) is 14.7. The van der Waals surface area contributed by atoms with Crippen LogP contribution in [0, 0.1) is 12.8 Å². The van der Waals surface area contributed by atoms with Crippen molar-refractivity contribution >= 4 is 24.3 Å². The third kappa shape index (κ3) is 5.35. The Morgan fingerprint density at radius 2 is 1.81 bits per heavy atom. The molecule has 0 aromatic heterocycles. The van der Waals surface area contributed by atoms with Gasteiger partial charge >= 0.3 is 5.97 Å². The summed E-state index contributed by atoms with van der Waals surface area (Å²) in [6, 6.07) is 5.10. The summed E-state index contributed by atoms with van der Waals surface area (Å²) in [6.45, 7) is 20.4. The van der Waals surface area contributed by atoms with Gasteiger partial charge in [0, 0.05) is 12.0 Å². The minimum absolute atomic E-state index is 0.0130. The van der Waals surface area contributed by atoms with Crippen LogP contribution in [0.3, 0.4) is 0 Å². The van der Waals surface area contributed by atoms with Crippen LogP contribution in [0.25, 0.3) is 0 Å². The summed E-state index contributed by atoms with van der Waals surface area (Å²) in [5, 5.41) is -0.0130. The Bertz CT molecular complexity index is 921. The number of hydrogen-bond donors (Lipinski definition) is 0. The molecule has 1 aromatic carbocycles. The summed E-state index contributed by atoms with van der Waals surface area (Å²) in [6.07, 6.45) is 1.77. The number of benzene rings is 1. The van der Waals surface area contributed by atoms with Crippen molar-refractivity contribution in [2.24, 2.45) is 5.92 Å². The number of carbonyl (C=O) groups is 1. The smallest absolute Gasteiger partial charge is 0.324 e. The summed E-state index contributed by atoms with van der Waals surface area (Å²) < 4.78 is 40.8. The van der Waals surface area contributed by atoms with Gasteiger partial charge in [0.1, 0.15) is 6.04 Å². The van der Waals surface area contributed by atoms with Crippen molar-refractivity contribution in [2.75, 3.05) is 6.61 Å². The van der Waals surface area contributed by atoms with Gasteiger partial charge in [0.2, 0.25) is 10.0 Å². The average Bonchev–Trinajstić information content (AvgIpc) is 2.68. The Balaban J connectivity index is 2.55. The summed E-state index contributed by atoms with van der Waals surface area (Å²) in [7, 11) is -6.12. The largest absolute Gasteiger partial charge is 0.465 e. The van der Waals surface area contributed by atoms with Gasteiger partial charge in [0.05, 0.1) is 17.6 Å². The molecule has 0 bridgehead atoms. The van der Waals surface area contributed by atoms with Crippen molar-refractivity contribution in [3.8, 4) is 0 Å². The molecule has 0 N–H and O–H groups in total. The van der Waals surface area contributed by atoms with Crippen LogP contribution in [-0.4, -0.2) is 51.8 Å². The van der Waals surface area contributed by atoms with Gasteiger partial charge in [0.15, 0.2) is 8.32 Å². The molecule has 1 fully saturated rings. The lowest BCUT2D eigenvalue weighted by atomic mass is 9.86. The SMILES string of the molecule is C=C[C@H]1C[C@H](O[Si](C)(C)C(C)(C)C)[C@H](C)[C@@H](C(=O)OCC)N1S(=O)(=O)c1ccc(C)cc1. The first kappa shape index (κ1) is 26.8. The quantitative estimate of drug-likeness (QED) is 0.315. The number of ether oxygens (including phenoxy) is 1. The van der Waals surface area contributed by atoms with Gasteiger partial charge in [-0.2, -0.15) is 4.31 Å². The summed E-state index contributed by atoms with van der Waals surface area (Å²) in [4.78, 5) is 13.3. The second kappa shape index (κ2) is 9.79. The van der Waals surface area contributed by atoms with Gasteiger partial charge < -0.3 is 9.16 Å². The molecule has 0 unspecified atom stereocenters. The maximum absolute atomic E-state index is 13.7. The van der Waals surface area contributed by atoms with Crippen molar-refractivity contribution in [2.45, 2.75) is 89.2 Å². The first-order valence-electron chi connectivity index (χ1n) is 11.2. The van der Waals surface area contributed by atoms with E-state index < -0.39 is 36.4 Å². The summed E-state index contributed by atoms with van der Waals surface area (Å²) >= 11 is 0. The van der Waals surface area contributed by atoms with Gasteiger partial charge in [-0.1, -0.05) is 51.5 Å². The molecule has 0 aliphatic carbocycles. The van der Waals surface area contributed by atoms with Crippen molar-refractivity contribution in [1.82, 2.24) is 4.31 Å². The van der Waals surface area contributed by atoms with E-state index in [4.69, 9.17) is 9.16 Å². The lowest BCUT2D eigenvalue weighted by Crippen LogP contribution is -2.62. The van der Waals surface area contributed by atoms with E-state index in [0.29, 0.717) is 6.42 Å². The highest BCUT2D eigenvalue weighted by atomic mass is 32.2. The van der Waals surface area contributed by atoms with Gasteiger partial charge in [-0.05, 0) is 50.5 Å². The molecule has 2 rings (SSSR count). The molecule has 1 heterocycles. The number of hydrogen-bond acceptors (Lipinski definition) is 5. The molecule has 0 radical (unpaired) electrons. The van der Waals surface area contributed by atoms with Crippen LogP contribution in [0.15, 0.2) is 41.8 Å². The average molecular weight is 482 g/mol. The Morgan fingerprint density at radius 1 is 1.25 bits per heavy atom. The zero-order valence-electron chi connectivity index (χ0n) is 20.7. The standard InChI is InChI=1S/C24H39NO5SSi/c1-10-19-16-21(30-32(8,9)24(5,6)7)18(4)22(23(26)29-11-2)25(19)31(27,28)20-14-12-17(3)13-15-20/h10,12-15,18-19,21-22H,1,11,16H2,2-9H3/t18-,19-,21-,22-/m0/s1. The predicted molar refractivity (Wildman–Crippen MR) is 130 cm³/mol. The summed E-state index contributed by atoms with van der Waals surface area (Å²) in [5.41, 5.74) is 0.959. The van der Waals surface area contributed by atoms with Crippen molar-refractivity contribution in [1.29, 1.82) is 0 Å². The number of piperidine rings is 1. The fourth-order valence-electron chi connectivity index (χ4n) is 3.81. The number of aryl methyl sites for hydroxylation is 1. The van der Waals surface area contributed by atoms with E-state index in [2.05, 4.69) is 40.4 Å². The number of esters is 1. The van der Waals surface area contributed by atoms with E-state index in [0.717, 1.165) is 5.56 Å². The second-order valence-corrected chi connectivity index (χ2v) is 16.8. The van der Waals surface area contributed by atoms with E-state index in [1.54, 1.807) is 37.3 Å². The van der Waals surface area contributed by atoms with Gasteiger partial charge in [-0.25, -0.2) is 8.42 Å². The highest BCUT2D eigenvalue weighted by Crippen LogP contribution is 2.42. The third-order valence-corrected chi connectivity index (χ3v) is 13.2. The van der Waals surface area contributed by atoms with E-state index in [1.807, 2.05) is 13.8 Å². The number of carbonyl (C=O) groups excluding carboxylic acids is 1. The Labute approximate surface area is 195 Å². The molecule has 1 aliphatic heterocycles. The molecule has 0 saturated carbocycles. The van der Waals surface area contributed by atoms with Crippen LogP contribution in [0.1, 0.15) is 46.6 Å². The molecule has 1 aliphatic rings. The predicted octanol–water partition coefficient (Wildman–Crippen LogP) is 4.90. The fraction of sp³-hybridized carbons (Fsp3) is 0.625. The number of rotatable bonds is 7. The Hall–Kier alpha value is -1.48. The van der Waals surface area contributed by atoms with Crippen LogP contribution in [-0.2, 0) is 24.0 Å². The van der Waals surface area contributed by atoms with Crippen LogP contribution in [0.2, 0.25) is 18.1 Å². The molecule has 0 spiro atoms. The van der Waals surface area contributed by atoms with Crippen molar-refractivity contribution < 1.29 is 22.4 Å². The molecule has 4 atom stereocenters. The van der Waals surface area contributed by atoms with Gasteiger partial charge in [-0.15, -0.1) is 6.58 Å². The highest BCUT2D eigenvalue weighted by Gasteiger charge is 2.52. The molecule has 32 heavy (non-hydrogen) atoms. The van der Waals surface area contributed by atoms with E-state index in [9.17, 15) is 13.2 Å². The monoisotopic (exact) mass is 481 g/mol. The summed E-state index contributed by atoms with van der Waals surface area (Å²) in [5.74, 6) is -0.925. The van der Waals surface area contributed by atoms with E-state index in [1.165, 1.54) is 4.31 Å². The molecular formula is C24H39NO5SSi. The molecule has 0 amide bonds. The topological polar surface area (TPSA) is 72.9 Å². The van der Waals surface area contributed by atoms with Gasteiger partial charge in [0.25, 0.3) is 0 Å². The Kier molecular flexibility index (Phi) is 8.19. The van der Waals surface area contributed by atoms with Crippen LogP contribution >= 0.6 is 0 Å². The zero-order chi connectivity index (χ0) is 24.5. The normalized spacial score (nSPS) is 25.4. The van der Waals surface area contributed by atoms with Crippen LogP contribution in [0.4, 0.5) is 0 Å². The molecule has 8 heteroatoms. The van der Waals surface area contributed by atoms with Crippen molar-refractivity contribution in [3.05, 3.63) is 42.5 Å². The molecular weight excluding hydrogens is 442 g/mol. The Morgan fingerprint density at radius 3 is 2.28 bits per heavy atom. The third-order valence-electron chi connectivity index (χ3n) is 6.81. The second-order valence-electron chi connectivity index (χ2n) is 10.2. The fourth-order valence-corrected chi connectivity index (χ4v) is 7.07. The van der Waals surface area contributed by atoms with E-state index >= 15 is 0 Å². The lowest BCUT2D eigenvalue weighted by Gasteiger charge is -2.49. The molecule has 180 valence electrons. The first-order valence-corrected chi connectivity index (χ1v) is 15.6.